The second-order valence-corrected chi connectivity index (χ2v) is 7.61. The molecule has 28 heavy (non-hydrogen) atoms. The Balaban J connectivity index is 0.00000280. The van der Waals surface area contributed by atoms with Crippen molar-refractivity contribution in [2.24, 2.45) is 10.9 Å². The molecule has 1 aromatic rings. The highest BCUT2D eigenvalue weighted by atomic mass is 127. The van der Waals surface area contributed by atoms with Gasteiger partial charge in [0, 0.05) is 44.9 Å². The lowest BCUT2D eigenvalue weighted by Crippen LogP contribution is -2.40. The van der Waals surface area contributed by atoms with E-state index in [4.69, 9.17) is 14.5 Å². The lowest BCUT2D eigenvalue weighted by Gasteiger charge is -2.22. The fourth-order valence-electron chi connectivity index (χ4n) is 3.92. The topological polar surface area (TPSA) is 59.0 Å². The van der Waals surface area contributed by atoms with Gasteiger partial charge in [0.2, 0.25) is 5.88 Å². The van der Waals surface area contributed by atoms with Crippen molar-refractivity contribution < 1.29 is 9.47 Å². The first-order valence-corrected chi connectivity index (χ1v) is 10.4. The van der Waals surface area contributed by atoms with Gasteiger partial charge in [-0.3, -0.25) is 0 Å². The Labute approximate surface area is 186 Å². The Morgan fingerprint density at radius 3 is 2.75 bits per heavy atom. The van der Waals surface area contributed by atoms with Crippen LogP contribution in [-0.4, -0.2) is 55.3 Å². The molecule has 1 aliphatic carbocycles. The minimum absolute atomic E-state index is 0. The van der Waals surface area contributed by atoms with Gasteiger partial charge < -0.3 is 19.7 Å². The molecular weight excluding hydrogens is 467 g/mol. The van der Waals surface area contributed by atoms with Crippen molar-refractivity contribution in [3.8, 4) is 5.88 Å². The number of pyridine rings is 1. The lowest BCUT2D eigenvalue weighted by atomic mass is 9.98. The molecule has 0 bridgehead atoms. The molecule has 1 aromatic heterocycles. The summed E-state index contributed by atoms with van der Waals surface area (Å²) in [5.41, 5.74) is 1.11. The standard InChI is InChI=1S/C21H34N4O2.HI/c1-3-22-21(25-12-11-18(15-25)16-26-2)24-14-17-9-10-20(23-13-17)27-19-7-5-4-6-8-19;/h9-10,13,18-19H,3-8,11-12,14-16H2,1-2H3,(H,22,24);1H. The lowest BCUT2D eigenvalue weighted by molar-refractivity contribution is 0.148. The zero-order valence-corrected chi connectivity index (χ0v) is 19.6. The van der Waals surface area contributed by atoms with Crippen LogP contribution in [-0.2, 0) is 11.3 Å². The highest BCUT2D eigenvalue weighted by Crippen LogP contribution is 2.22. The zero-order chi connectivity index (χ0) is 18.9. The normalized spacial score (nSPS) is 20.7. The average molecular weight is 502 g/mol. The van der Waals surface area contributed by atoms with Crippen LogP contribution in [0.25, 0.3) is 0 Å². The Kier molecular flexibility index (Phi) is 10.3. The number of aliphatic imine (C=N–C) groups is 1. The summed E-state index contributed by atoms with van der Waals surface area (Å²) in [6.07, 6.45) is 9.57. The summed E-state index contributed by atoms with van der Waals surface area (Å²) in [7, 11) is 1.77. The van der Waals surface area contributed by atoms with Crippen molar-refractivity contribution in [3.63, 3.8) is 0 Å². The molecule has 2 heterocycles. The zero-order valence-electron chi connectivity index (χ0n) is 17.2. The number of nitrogens with zero attached hydrogens (tertiary/aromatic N) is 3. The van der Waals surface area contributed by atoms with E-state index >= 15 is 0 Å². The van der Waals surface area contributed by atoms with Crippen LogP contribution >= 0.6 is 24.0 Å². The predicted molar refractivity (Wildman–Crippen MR) is 124 cm³/mol. The number of guanidine groups is 1. The summed E-state index contributed by atoms with van der Waals surface area (Å²) in [4.78, 5) is 11.6. The largest absolute Gasteiger partial charge is 0.474 e. The van der Waals surface area contributed by atoms with Crippen LogP contribution in [0.4, 0.5) is 0 Å². The molecule has 6 nitrogen and oxygen atoms in total. The van der Waals surface area contributed by atoms with Crippen molar-refractivity contribution in [2.75, 3.05) is 33.4 Å². The Hall–Kier alpha value is -1.09. The van der Waals surface area contributed by atoms with E-state index in [-0.39, 0.29) is 24.0 Å². The third-order valence-electron chi connectivity index (χ3n) is 5.37. The minimum Gasteiger partial charge on any atom is -0.474 e. The number of hydrogen-bond donors (Lipinski definition) is 1. The first kappa shape index (κ1) is 23.2. The van der Waals surface area contributed by atoms with Crippen LogP contribution in [0.3, 0.4) is 0 Å². The van der Waals surface area contributed by atoms with Crippen LogP contribution in [0.1, 0.15) is 51.0 Å². The minimum atomic E-state index is 0. The number of rotatable bonds is 7. The maximum absolute atomic E-state index is 6.01. The van der Waals surface area contributed by atoms with Crippen molar-refractivity contribution in [3.05, 3.63) is 23.9 Å². The third-order valence-corrected chi connectivity index (χ3v) is 5.37. The van der Waals surface area contributed by atoms with Gasteiger partial charge in [-0.05, 0) is 44.6 Å². The van der Waals surface area contributed by atoms with Gasteiger partial charge in [0.25, 0.3) is 0 Å². The molecule has 1 unspecified atom stereocenters. The third kappa shape index (κ3) is 7.06. The molecule has 1 atom stereocenters. The molecule has 1 aliphatic heterocycles. The number of aromatic nitrogens is 1. The summed E-state index contributed by atoms with van der Waals surface area (Å²) in [5, 5.41) is 3.41. The molecule has 0 spiro atoms. The van der Waals surface area contributed by atoms with Crippen molar-refractivity contribution in [1.82, 2.24) is 15.2 Å². The van der Waals surface area contributed by atoms with E-state index in [2.05, 4.69) is 28.2 Å². The average Bonchev–Trinajstić information content (AvgIpc) is 3.16. The first-order valence-electron chi connectivity index (χ1n) is 10.4. The van der Waals surface area contributed by atoms with Gasteiger partial charge in [0.15, 0.2) is 5.96 Å². The second-order valence-electron chi connectivity index (χ2n) is 7.61. The maximum Gasteiger partial charge on any atom is 0.213 e. The molecule has 1 N–H and O–H groups in total. The molecule has 1 saturated heterocycles. The molecule has 0 radical (unpaired) electrons. The van der Waals surface area contributed by atoms with Gasteiger partial charge in [0.1, 0.15) is 6.10 Å². The number of hydrogen-bond acceptors (Lipinski definition) is 4. The van der Waals surface area contributed by atoms with E-state index in [1.807, 2.05) is 12.3 Å². The number of ether oxygens (including phenoxy) is 2. The van der Waals surface area contributed by atoms with Crippen molar-refractivity contribution in [2.45, 2.75) is 58.1 Å². The monoisotopic (exact) mass is 502 g/mol. The van der Waals surface area contributed by atoms with Gasteiger partial charge >= 0.3 is 0 Å². The smallest absolute Gasteiger partial charge is 0.213 e. The maximum atomic E-state index is 6.01. The highest BCUT2D eigenvalue weighted by molar-refractivity contribution is 14.0. The molecule has 1 saturated carbocycles. The Morgan fingerprint density at radius 1 is 1.25 bits per heavy atom. The molecule has 7 heteroatoms. The summed E-state index contributed by atoms with van der Waals surface area (Å²) < 4.78 is 11.3. The number of nitrogens with one attached hydrogen (secondary N) is 1. The van der Waals surface area contributed by atoms with E-state index in [1.54, 1.807) is 7.11 Å². The summed E-state index contributed by atoms with van der Waals surface area (Å²) in [6.45, 7) is 6.47. The second kappa shape index (κ2) is 12.5. The van der Waals surface area contributed by atoms with Crippen LogP contribution < -0.4 is 10.1 Å². The van der Waals surface area contributed by atoms with Gasteiger partial charge in [0.05, 0.1) is 13.2 Å². The van der Waals surface area contributed by atoms with E-state index < -0.39 is 0 Å². The molecule has 3 rings (SSSR count). The molecule has 0 amide bonds. The fraction of sp³-hybridized carbons (Fsp3) is 0.714. The van der Waals surface area contributed by atoms with Crippen molar-refractivity contribution >= 4 is 29.9 Å². The van der Waals surface area contributed by atoms with E-state index in [0.717, 1.165) is 62.9 Å². The van der Waals surface area contributed by atoms with Crippen LogP contribution in [0.2, 0.25) is 0 Å². The van der Waals surface area contributed by atoms with Crippen LogP contribution in [0.5, 0.6) is 5.88 Å². The van der Waals surface area contributed by atoms with Gasteiger partial charge in [-0.25, -0.2) is 9.98 Å². The number of likely N-dealkylation sites (tertiary alicyclic amines) is 1. The first-order chi connectivity index (χ1) is 13.3. The van der Waals surface area contributed by atoms with Gasteiger partial charge in [-0.1, -0.05) is 12.5 Å². The summed E-state index contributed by atoms with van der Waals surface area (Å²) in [5.74, 6) is 2.32. The SMILES string of the molecule is CCNC(=NCc1ccc(OC2CCCCC2)nc1)N1CCC(COC)C1.I. The number of halogens is 1. The summed E-state index contributed by atoms with van der Waals surface area (Å²) >= 11 is 0. The van der Waals surface area contributed by atoms with E-state index in [0.29, 0.717) is 18.6 Å². The van der Waals surface area contributed by atoms with Crippen molar-refractivity contribution in [1.29, 1.82) is 0 Å². The van der Waals surface area contributed by atoms with Gasteiger partial charge in [-0.2, -0.15) is 0 Å². The molecule has 158 valence electrons. The predicted octanol–water partition coefficient (Wildman–Crippen LogP) is 3.84. The quantitative estimate of drug-likeness (QED) is 0.349. The summed E-state index contributed by atoms with van der Waals surface area (Å²) in [6, 6.07) is 4.06. The van der Waals surface area contributed by atoms with Crippen LogP contribution in [0, 0.1) is 5.92 Å². The fourth-order valence-corrected chi connectivity index (χ4v) is 3.92. The molecule has 2 aliphatic rings. The number of methoxy groups -OCH3 is 1. The Morgan fingerprint density at radius 2 is 2.07 bits per heavy atom. The van der Waals surface area contributed by atoms with Gasteiger partial charge in [-0.15, -0.1) is 24.0 Å². The highest BCUT2D eigenvalue weighted by Gasteiger charge is 2.24. The molecule has 0 aromatic carbocycles. The van der Waals surface area contributed by atoms with E-state index in [1.165, 1.54) is 19.3 Å². The van der Waals surface area contributed by atoms with Crippen LogP contribution in [0.15, 0.2) is 23.3 Å². The molecular formula is C21H35IN4O2. The Bertz CT molecular complexity index is 591. The van der Waals surface area contributed by atoms with E-state index in [9.17, 15) is 0 Å². The molecule has 2 fully saturated rings.